The Bertz CT molecular complexity index is 1200. The van der Waals surface area contributed by atoms with E-state index in [1.54, 1.807) is 33.6 Å². The summed E-state index contributed by atoms with van der Waals surface area (Å²) >= 11 is 4.83. The van der Waals surface area contributed by atoms with Gasteiger partial charge in [0.25, 0.3) is 0 Å². The minimum absolute atomic E-state index is 0.105. The van der Waals surface area contributed by atoms with Gasteiger partial charge in [0, 0.05) is 11.1 Å². The zero-order valence-electron chi connectivity index (χ0n) is 15.7. The first-order valence-corrected chi connectivity index (χ1v) is 11.8. The van der Waals surface area contributed by atoms with Crippen molar-refractivity contribution in [2.24, 2.45) is 0 Å². The van der Waals surface area contributed by atoms with Crippen LogP contribution in [-0.2, 0) is 11.2 Å². The highest BCUT2D eigenvalue weighted by molar-refractivity contribution is 7.24. The van der Waals surface area contributed by atoms with Crippen molar-refractivity contribution in [1.82, 2.24) is 14.8 Å². The predicted octanol–water partition coefficient (Wildman–Crippen LogP) is 5.97. The van der Waals surface area contributed by atoms with E-state index in [-0.39, 0.29) is 12.3 Å². The van der Waals surface area contributed by atoms with E-state index >= 15 is 0 Å². The number of rotatable bonds is 6. The predicted molar refractivity (Wildman–Crippen MR) is 125 cm³/mol. The fraction of sp³-hybridized carbons (Fsp3) is 0.0455. The number of hydrogen-bond donors (Lipinski definition) is 1. The van der Waals surface area contributed by atoms with E-state index in [2.05, 4.69) is 27.9 Å². The zero-order valence-corrected chi connectivity index (χ0v) is 18.1. The number of thiazole rings is 1. The Balaban J connectivity index is 1.34. The van der Waals surface area contributed by atoms with Crippen molar-refractivity contribution in [2.45, 2.75) is 6.42 Å². The first-order chi connectivity index (χ1) is 14.8. The summed E-state index contributed by atoms with van der Waals surface area (Å²) < 4.78 is 1.77. The average molecular weight is 449 g/mol. The van der Waals surface area contributed by atoms with E-state index in [0.717, 1.165) is 31.6 Å². The molecule has 30 heavy (non-hydrogen) atoms. The molecule has 5 rings (SSSR count). The Hall–Kier alpha value is -3.07. The van der Waals surface area contributed by atoms with Crippen molar-refractivity contribution < 1.29 is 4.79 Å². The number of nitrogens with zero attached hydrogens (tertiary/aromatic N) is 3. The Kier molecular flexibility index (Phi) is 5.27. The van der Waals surface area contributed by atoms with Crippen LogP contribution in [0.1, 0.15) is 5.56 Å². The second-order valence-electron chi connectivity index (χ2n) is 6.51. The van der Waals surface area contributed by atoms with Gasteiger partial charge in [-0.05, 0) is 40.6 Å². The molecular formula is C22H16N4OS3. The van der Waals surface area contributed by atoms with Crippen molar-refractivity contribution in [2.75, 3.05) is 5.32 Å². The zero-order chi connectivity index (χ0) is 20.3. The summed E-state index contributed by atoms with van der Waals surface area (Å²) in [6.45, 7) is 0. The highest BCUT2D eigenvalue weighted by Crippen LogP contribution is 2.42. The Morgan fingerprint density at radius 1 is 0.967 bits per heavy atom. The monoisotopic (exact) mass is 448 g/mol. The van der Waals surface area contributed by atoms with Crippen LogP contribution in [0.4, 0.5) is 5.13 Å². The molecule has 0 aliphatic rings. The minimum atomic E-state index is -0.105. The third kappa shape index (κ3) is 3.97. The fourth-order valence-corrected chi connectivity index (χ4v) is 5.69. The minimum Gasteiger partial charge on any atom is -0.302 e. The molecule has 0 aliphatic heterocycles. The standard InChI is InChI=1S/C22H16N4OS3/c27-19(12-15-13-23-26(14-15)16-6-2-1-3-7-16)24-22-25-20(17-8-4-10-28-17)21(30-22)18-9-5-11-29-18/h1-11,13-14H,12H2,(H,24,25,27). The lowest BCUT2D eigenvalue weighted by Gasteiger charge is -2.00. The largest absolute Gasteiger partial charge is 0.302 e. The quantitative estimate of drug-likeness (QED) is 0.348. The molecule has 1 N–H and O–H groups in total. The average Bonchev–Trinajstić information content (AvgIpc) is 3.54. The van der Waals surface area contributed by atoms with Crippen LogP contribution in [0.2, 0.25) is 0 Å². The molecule has 0 atom stereocenters. The van der Waals surface area contributed by atoms with E-state index in [0.29, 0.717) is 5.13 Å². The van der Waals surface area contributed by atoms with Crippen LogP contribution in [0.3, 0.4) is 0 Å². The van der Waals surface area contributed by atoms with Crippen LogP contribution >= 0.6 is 34.0 Å². The molecule has 1 aromatic carbocycles. The molecule has 4 aromatic heterocycles. The molecule has 5 nitrogen and oxygen atoms in total. The summed E-state index contributed by atoms with van der Waals surface area (Å²) in [5, 5.41) is 12.0. The molecule has 0 bridgehead atoms. The maximum absolute atomic E-state index is 12.6. The number of para-hydroxylation sites is 1. The topological polar surface area (TPSA) is 59.8 Å². The van der Waals surface area contributed by atoms with Gasteiger partial charge in [-0.25, -0.2) is 9.67 Å². The smallest absolute Gasteiger partial charge is 0.230 e. The normalized spacial score (nSPS) is 10.9. The molecule has 0 radical (unpaired) electrons. The molecule has 8 heteroatoms. The summed E-state index contributed by atoms with van der Waals surface area (Å²) in [6, 6.07) is 18.0. The van der Waals surface area contributed by atoms with Gasteiger partial charge >= 0.3 is 0 Å². The number of hydrogen-bond acceptors (Lipinski definition) is 6. The maximum Gasteiger partial charge on any atom is 0.230 e. The van der Waals surface area contributed by atoms with Gasteiger partial charge in [-0.2, -0.15) is 5.10 Å². The van der Waals surface area contributed by atoms with Gasteiger partial charge in [-0.15, -0.1) is 22.7 Å². The number of nitrogens with one attached hydrogen (secondary N) is 1. The Morgan fingerprint density at radius 3 is 2.47 bits per heavy atom. The SMILES string of the molecule is O=C(Cc1cnn(-c2ccccc2)c1)Nc1nc(-c2cccs2)c(-c2cccs2)s1. The molecule has 5 aromatic rings. The number of carbonyl (C=O) groups excluding carboxylic acids is 1. The van der Waals surface area contributed by atoms with Crippen molar-refractivity contribution in [1.29, 1.82) is 0 Å². The first kappa shape index (κ1) is 18.9. The van der Waals surface area contributed by atoms with Gasteiger partial charge in [0.2, 0.25) is 5.91 Å². The lowest BCUT2D eigenvalue weighted by Crippen LogP contribution is -2.13. The number of aromatic nitrogens is 3. The second-order valence-corrected chi connectivity index (χ2v) is 9.40. The summed E-state index contributed by atoms with van der Waals surface area (Å²) in [6.07, 6.45) is 3.85. The summed E-state index contributed by atoms with van der Waals surface area (Å²) in [4.78, 5) is 20.7. The molecular weight excluding hydrogens is 432 g/mol. The van der Waals surface area contributed by atoms with E-state index in [1.807, 2.05) is 54.0 Å². The number of amides is 1. The third-order valence-corrected chi connectivity index (χ3v) is 7.29. The number of anilines is 1. The van der Waals surface area contributed by atoms with Crippen molar-refractivity contribution in [3.8, 4) is 26.0 Å². The highest BCUT2D eigenvalue weighted by Gasteiger charge is 2.18. The van der Waals surface area contributed by atoms with Gasteiger partial charge in [-0.3, -0.25) is 4.79 Å². The van der Waals surface area contributed by atoms with Crippen LogP contribution in [0, 0.1) is 0 Å². The number of benzene rings is 1. The lowest BCUT2D eigenvalue weighted by molar-refractivity contribution is -0.115. The molecule has 0 fully saturated rings. The molecule has 0 spiro atoms. The van der Waals surface area contributed by atoms with Crippen LogP contribution in [0.25, 0.3) is 26.0 Å². The second kappa shape index (κ2) is 8.35. The van der Waals surface area contributed by atoms with E-state index in [9.17, 15) is 4.79 Å². The highest BCUT2D eigenvalue weighted by atomic mass is 32.1. The van der Waals surface area contributed by atoms with Gasteiger partial charge in [-0.1, -0.05) is 41.7 Å². The van der Waals surface area contributed by atoms with E-state index in [1.165, 1.54) is 11.3 Å². The van der Waals surface area contributed by atoms with Gasteiger partial charge in [0.1, 0.15) is 5.69 Å². The third-order valence-electron chi connectivity index (χ3n) is 4.39. The van der Waals surface area contributed by atoms with Gasteiger partial charge < -0.3 is 5.32 Å². The van der Waals surface area contributed by atoms with E-state index in [4.69, 9.17) is 4.98 Å². The van der Waals surface area contributed by atoms with E-state index < -0.39 is 0 Å². The fourth-order valence-electron chi connectivity index (χ4n) is 3.05. The maximum atomic E-state index is 12.6. The molecule has 148 valence electrons. The molecule has 0 aliphatic carbocycles. The number of thiophene rings is 2. The van der Waals surface area contributed by atoms with Crippen LogP contribution in [-0.4, -0.2) is 20.7 Å². The van der Waals surface area contributed by atoms with Crippen molar-refractivity contribution in [3.05, 3.63) is 83.3 Å². The summed E-state index contributed by atoms with van der Waals surface area (Å²) in [5.41, 5.74) is 2.74. The molecule has 0 saturated carbocycles. The lowest BCUT2D eigenvalue weighted by atomic mass is 10.2. The summed E-state index contributed by atoms with van der Waals surface area (Å²) in [7, 11) is 0. The van der Waals surface area contributed by atoms with Crippen LogP contribution in [0.5, 0.6) is 0 Å². The van der Waals surface area contributed by atoms with Gasteiger partial charge in [0.15, 0.2) is 5.13 Å². The molecule has 0 unspecified atom stereocenters. The van der Waals surface area contributed by atoms with Crippen molar-refractivity contribution in [3.63, 3.8) is 0 Å². The van der Waals surface area contributed by atoms with Crippen LogP contribution < -0.4 is 5.32 Å². The Morgan fingerprint density at radius 2 is 1.73 bits per heavy atom. The molecule has 1 amide bonds. The summed E-state index contributed by atoms with van der Waals surface area (Å²) in [5.74, 6) is -0.105. The van der Waals surface area contributed by atoms with Gasteiger partial charge in [0.05, 0.1) is 28.1 Å². The number of carbonyl (C=O) groups is 1. The Labute approximate surface area is 185 Å². The first-order valence-electron chi connectivity index (χ1n) is 9.24. The molecule has 4 heterocycles. The molecule has 0 saturated heterocycles. The van der Waals surface area contributed by atoms with Crippen molar-refractivity contribution >= 4 is 45.0 Å². The van der Waals surface area contributed by atoms with Crippen LogP contribution in [0.15, 0.2) is 77.8 Å².